The number of aromatic amines is 1. The molecule has 4 N–H and O–H groups in total. The number of carbonyl (C=O) groups excluding carboxylic acids is 2. The highest BCUT2D eigenvalue weighted by molar-refractivity contribution is 6.02. The second kappa shape index (κ2) is 7.21. The van der Waals surface area contributed by atoms with Gasteiger partial charge in [-0.1, -0.05) is 18.2 Å². The van der Waals surface area contributed by atoms with Gasteiger partial charge in [0.2, 0.25) is 0 Å². The van der Waals surface area contributed by atoms with Crippen molar-refractivity contribution < 1.29 is 19.4 Å². The molecule has 0 aliphatic carbocycles. The van der Waals surface area contributed by atoms with Crippen molar-refractivity contribution in [3.05, 3.63) is 47.1 Å². The minimum absolute atomic E-state index is 0.0531. The van der Waals surface area contributed by atoms with Crippen molar-refractivity contribution in [2.75, 3.05) is 10.6 Å². The van der Waals surface area contributed by atoms with Gasteiger partial charge in [0.1, 0.15) is 24.2 Å². The number of rotatable bonds is 4. The zero-order valence-electron chi connectivity index (χ0n) is 14.4. The van der Waals surface area contributed by atoms with E-state index in [9.17, 15) is 19.5 Å². The Morgan fingerprint density at radius 1 is 1.29 bits per heavy atom. The van der Waals surface area contributed by atoms with Crippen LogP contribution in [-0.2, 0) is 9.53 Å². The highest BCUT2D eigenvalue weighted by atomic mass is 16.5. The van der Waals surface area contributed by atoms with Crippen molar-refractivity contribution in [3.8, 4) is 0 Å². The topological polar surface area (TPSA) is 151 Å². The number of aromatic nitrogens is 4. The number of aldehydes is 1. The molecule has 3 atom stereocenters. The van der Waals surface area contributed by atoms with Gasteiger partial charge in [-0.05, 0) is 12.1 Å². The van der Waals surface area contributed by atoms with Crippen LogP contribution in [0.25, 0.3) is 11.2 Å². The number of urea groups is 1. The summed E-state index contributed by atoms with van der Waals surface area (Å²) in [7, 11) is 0. The normalized spacial score (nSPS) is 21.5. The van der Waals surface area contributed by atoms with E-state index in [1.807, 2.05) is 6.07 Å². The third-order valence-electron chi connectivity index (χ3n) is 4.33. The lowest BCUT2D eigenvalue weighted by Crippen LogP contribution is -2.23. The summed E-state index contributed by atoms with van der Waals surface area (Å²) in [6.07, 6.45) is -1.18. The van der Waals surface area contributed by atoms with Crippen molar-refractivity contribution in [3.63, 3.8) is 0 Å². The van der Waals surface area contributed by atoms with Crippen LogP contribution in [0.5, 0.6) is 0 Å². The molecule has 1 aliphatic rings. The number of hydrogen-bond donors (Lipinski definition) is 4. The number of imidazole rings is 1. The number of hydrogen-bond acceptors (Lipinski definition) is 7. The maximum absolute atomic E-state index is 12.4. The Morgan fingerprint density at radius 2 is 2.07 bits per heavy atom. The van der Waals surface area contributed by atoms with Crippen molar-refractivity contribution in [2.24, 2.45) is 0 Å². The van der Waals surface area contributed by atoms with Crippen LogP contribution in [0, 0.1) is 0 Å². The summed E-state index contributed by atoms with van der Waals surface area (Å²) in [5.41, 5.74) is 0.400. The molecule has 1 saturated heterocycles. The molecule has 0 bridgehead atoms. The second-order valence-corrected chi connectivity index (χ2v) is 6.16. The van der Waals surface area contributed by atoms with Crippen LogP contribution in [0.2, 0.25) is 0 Å². The molecule has 2 amide bonds. The van der Waals surface area contributed by atoms with Crippen LogP contribution >= 0.6 is 0 Å². The van der Waals surface area contributed by atoms with Gasteiger partial charge in [-0.25, -0.2) is 24.1 Å². The summed E-state index contributed by atoms with van der Waals surface area (Å²) >= 11 is 0. The van der Waals surface area contributed by atoms with Crippen LogP contribution in [-0.4, -0.2) is 49.2 Å². The Kier molecular flexibility index (Phi) is 4.59. The van der Waals surface area contributed by atoms with E-state index in [0.29, 0.717) is 12.0 Å². The molecule has 3 heterocycles. The predicted octanol–water partition coefficient (Wildman–Crippen LogP) is 0.611. The number of nitrogens with one attached hydrogen (secondary N) is 3. The van der Waals surface area contributed by atoms with Gasteiger partial charge >= 0.3 is 11.7 Å². The lowest BCUT2D eigenvalue weighted by atomic mass is 10.2. The summed E-state index contributed by atoms with van der Waals surface area (Å²) in [6, 6.07) is 8.27. The highest BCUT2D eigenvalue weighted by Gasteiger charge is 2.36. The van der Waals surface area contributed by atoms with E-state index in [2.05, 4.69) is 25.6 Å². The van der Waals surface area contributed by atoms with Gasteiger partial charge in [0.25, 0.3) is 0 Å². The van der Waals surface area contributed by atoms with Gasteiger partial charge in [-0.15, -0.1) is 0 Å². The van der Waals surface area contributed by atoms with E-state index in [1.165, 1.54) is 10.9 Å². The Hall–Kier alpha value is -3.57. The molecule has 2 unspecified atom stereocenters. The number of aliphatic hydroxyl groups is 1. The maximum atomic E-state index is 12.4. The third-order valence-corrected chi connectivity index (χ3v) is 4.33. The summed E-state index contributed by atoms with van der Waals surface area (Å²) in [5.74, 6) is 0.0970. The fourth-order valence-corrected chi connectivity index (χ4v) is 3.05. The molecule has 3 aromatic rings. The first kappa shape index (κ1) is 17.8. The van der Waals surface area contributed by atoms with Crippen LogP contribution < -0.4 is 16.3 Å². The smallest absolute Gasteiger partial charge is 0.329 e. The average Bonchev–Trinajstić information content (AvgIpc) is 3.21. The van der Waals surface area contributed by atoms with Gasteiger partial charge in [-0.2, -0.15) is 0 Å². The lowest BCUT2D eigenvalue weighted by molar-refractivity contribution is -0.122. The SMILES string of the molecule is O=CC1O[C@@H](n2c(=O)[nH]c3c(NC(=O)Nc4ccccc4)ncnc32)CC1O. The third kappa shape index (κ3) is 3.23. The van der Waals surface area contributed by atoms with Crippen LogP contribution in [0.1, 0.15) is 12.6 Å². The van der Waals surface area contributed by atoms with Crippen molar-refractivity contribution in [1.82, 2.24) is 19.5 Å². The molecule has 1 fully saturated rings. The van der Waals surface area contributed by atoms with Gasteiger partial charge in [0.15, 0.2) is 17.8 Å². The molecule has 0 radical (unpaired) electrons. The van der Waals surface area contributed by atoms with Gasteiger partial charge < -0.3 is 24.9 Å². The number of ether oxygens (including phenoxy) is 1. The Bertz CT molecular complexity index is 1080. The van der Waals surface area contributed by atoms with E-state index in [1.54, 1.807) is 24.3 Å². The number of amides is 2. The molecule has 144 valence electrons. The fourth-order valence-electron chi connectivity index (χ4n) is 3.05. The number of nitrogens with zero attached hydrogens (tertiary/aromatic N) is 3. The van der Waals surface area contributed by atoms with E-state index in [0.717, 1.165) is 0 Å². The fraction of sp³-hybridized carbons (Fsp3) is 0.235. The Balaban J connectivity index is 1.62. The molecule has 11 heteroatoms. The first-order valence-electron chi connectivity index (χ1n) is 8.44. The molecule has 4 rings (SSSR count). The Labute approximate surface area is 157 Å². The maximum Gasteiger partial charge on any atom is 0.329 e. The molecule has 1 aliphatic heterocycles. The molecular formula is C17H16N6O5. The number of fused-ring (bicyclic) bond motifs is 1. The minimum Gasteiger partial charge on any atom is -0.390 e. The molecule has 0 saturated carbocycles. The summed E-state index contributed by atoms with van der Waals surface area (Å²) in [5, 5.41) is 15.1. The quantitative estimate of drug-likeness (QED) is 0.481. The van der Waals surface area contributed by atoms with Crippen molar-refractivity contribution in [1.29, 1.82) is 0 Å². The number of anilines is 2. The van der Waals surface area contributed by atoms with Gasteiger partial charge in [0.05, 0.1) is 6.10 Å². The predicted molar refractivity (Wildman–Crippen MR) is 97.8 cm³/mol. The number of carbonyl (C=O) groups is 2. The van der Waals surface area contributed by atoms with Crippen molar-refractivity contribution >= 4 is 35.0 Å². The van der Waals surface area contributed by atoms with Crippen LogP contribution in [0.3, 0.4) is 0 Å². The summed E-state index contributed by atoms with van der Waals surface area (Å²) in [6.45, 7) is 0. The molecule has 11 nitrogen and oxygen atoms in total. The molecule has 0 spiro atoms. The zero-order chi connectivity index (χ0) is 19.7. The van der Waals surface area contributed by atoms with Crippen molar-refractivity contribution in [2.45, 2.75) is 24.9 Å². The monoisotopic (exact) mass is 384 g/mol. The van der Waals surface area contributed by atoms with Crippen LogP contribution in [0.15, 0.2) is 41.5 Å². The Morgan fingerprint density at radius 3 is 2.79 bits per heavy atom. The first-order valence-corrected chi connectivity index (χ1v) is 8.44. The molecule has 1 aromatic carbocycles. The largest absolute Gasteiger partial charge is 0.390 e. The van der Waals surface area contributed by atoms with Crippen LogP contribution in [0.4, 0.5) is 16.3 Å². The second-order valence-electron chi connectivity index (χ2n) is 6.16. The molecular weight excluding hydrogens is 368 g/mol. The number of aliphatic hydroxyl groups excluding tert-OH is 1. The number of para-hydroxylation sites is 1. The molecule has 28 heavy (non-hydrogen) atoms. The van der Waals surface area contributed by atoms with E-state index < -0.39 is 30.2 Å². The number of benzene rings is 1. The zero-order valence-corrected chi connectivity index (χ0v) is 14.4. The summed E-state index contributed by atoms with van der Waals surface area (Å²) in [4.78, 5) is 46.2. The highest BCUT2D eigenvalue weighted by Crippen LogP contribution is 2.29. The van der Waals surface area contributed by atoms with Gasteiger partial charge in [-0.3, -0.25) is 5.32 Å². The lowest BCUT2D eigenvalue weighted by Gasteiger charge is -2.11. The van der Waals surface area contributed by atoms with E-state index >= 15 is 0 Å². The van der Waals surface area contributed by atoms with Gasteiger partial charge in [0, 0.05) is 12.1 Å². The van der Waals surface area contributed by atoms with E-state index in [-0.39, 0.29) is 23.4 Å². The minimum atomic E-state index is -1.02. The average molecular weight is 384 g/mol. The standard InChI is InChI=1S/C17H16N6O5/c24-7-11-10(25)6-12(28-11)23-15-13(21-17(23)27)14(18-8-19-15)22-16(26)20-9-4-2-1-3-5-9/h1-5,7-8,10-12,25H,6H2,(H,21,27)(H2,18,19,20,22,26)/t10?,11?,12-/m1/s1. The van der Waals surface area contributed by atoms with E-state index in [4.69, 9.17) is 4.74 Å². The first-order chi connectivity index (χ1) is 13.6. The molecule has 2 aromatic heterocycles. The number of H-pyrrole nitrogens is 1. The summed E-state index contributed by atoms with van der Waals surface area (Å²) < 4.78 is 6.61.